The molecule has 0 amide bonds. The Labute approximate surface area is 176 Å². The minimum Gasteiger partial charge on any atom is -0.378 e. The number of rotatable bonds is 5. The maximum atomic E-state index is 11.7. The van der Waals surface area contributed by atoms with E-state index in [1.165, 1.54) is 6.26 Å². The summed E-state index contributed by atoms with van der Waals surface area (Å²) in [5, 5.41) is 4.30. The molecule has 0 fully saturated rings. The first kappa shape index (κ1) is 19.8. The summed E-state index contributed by atoms with van der Waals surface area (Å²) < 4.78 is 23.5. The van der Waals surface area contributed by atoms with Crippen LogP contribution in [0.2, 0.25) is 0 Å². The first-order valence-electron chi connectivity index (χ1n) is 9.43. The van der Waals surface area contributed by atoms with Gasteiger partial charge in [0.05, 0.1) is 10.4 Å². The lowest BCUT2D eigenvalue weighted by molar-refractivity contribution is 0.602. The number of benzene rings is 3. The Morgan fingerprint density at radius 1 is 0.833 bits per heavy atom. The van der Waals surface area contributed by atoms with Crippen LogP contribution in [-0.2, 0) is 9.84 Å². The van der Waals surface area contributed by atoms with E-state index in [4.69, 9.17) is 4.98 Å². The molecule has 1 aromatic heterocycles. The molecule has 4 aromatic rings. The molecule has 0 bridgehead atoms. The van der Waals surface area contributed by atoms with Gasteiger partial charge in [-0.2, -0.15) is 0 Å². The van der Waals surface area contributed by atoms with Gasteiger partial charge in [-0.3, -0.25) is 0 Å². The fraction of sp³-hybridized carbons (Fsp3) is 0.130. The van der Waals surface area contributed by atoms with Crippen LogP contribution in [0.3, 0.4) is 0 Å². The van der Waals surface area contributed by atoms with Gasteiger partial charge in [0.1, 0.15) is 5.82 Å². The number of fused-ring (bicyclic) bond motifs is 1. The molecular weight excluding hydrogens is 396 g/mol. The van der Waals surface area contributed by atoms with Gasteiger partial charge in [0.2, 0.25) is 0 Å². The topological polar surface area (TPSA) is 75.2 Å². The van der Waals surface area contributed by atoms with Crippen molar-refractivity contribution in [2.45, 2.75) is 4.90 Å². The van der Waals surface area contributed by atoms with Crippen molar-refractivity contribution in [3.05, 3.63) is 72.8 Å². The average Bonchev–Trinajstić information content (AvgIpc) is 2.73. The predicted octanol–water partition coefficient (Wildman–Crippen LogP) is 4.51. The van der Waals surface area contributed by atoms with E-state index in [0.717, 1.165) is 27.8 Å². The van der Waals surface area contributed by atoms with Crippen LogP contribution in [0.4, 0.5) is 17.2 Å². The summed E-state index contributed by atoms with van der Waals surface area (Å²) in [6.45, 7) is 0. The van der Waals surface area contributed by atoms with Crippen LogP contribution in [0.1, 0.15) is 0 Å². The van der Waals surface area contributed by atoms with Crippen LogP contribution in [0, 0.1) is 0 Å². The molecule has 1 N–H and O–H groups in total. The van der Waals surface area contributed by atoms with Crippen molar-refractivity contribution in [2.24, 2.45) is 0 Å². The SMILES string of the molecule is CN(C)c1ccc(Nc2nc(-c3ccc(S(C)(=O)=O)cc3)nc3ccccc23)cc1. The highest BCUT2D eigenvalue weighted by atomic mass is 32.2. The normalized spacial score (nSPS) is 11.4. The van der Waals surface area contributed by atoms with Crippen molar-refractivity contribution in [1.29, 1.82) is 0 Å². The van der Waals surface area contributed by atoms with Crippen LogP contribution in [0.5, 0.6) is 0 Å². The Morgan fingerprint density at radius 2 is 1.50 bits per heavy atom. The van der Waals surface area contributed by atoms with Crippen LogP contribution < -0.4 is 10.2 Å². The number of para-hydroxylation sites is 1. The Balaban J connectivity index is 1.76. The lowest BCUT2D eigenvalue weighted by atomic mass is 10.1. The zero-order valence-corrected chi connectivity index (χ0v) is 17.8. The van der Waals surface area contributed by atoms with Crippen molar-refractivity contribution >= 4 is 37.9 Å². The molecular formula is C23H22N4O2S. The van der Waals surface area contributed by atoms with E-state index in [2.05, 4.69) is 10.3 Å². The Bertz CT molecular complexity index is 1300. The molecule has 0 unspecified atom stereocenters. The summed E-state index contributed by atoms with van der Waals surface area (Å²) in [4.78, 5) is 11.7. The third-order valence-electron chi connectivity index (χ3n) is 4.79. The second kappa shape index (κ2) is 7.76. The summed E-state index contributed by atoms with van der Waals surface area (Å²) in [5.74, 6) is 1.22. The minimum absolute atomic E-state index is 0.270. The maximum absolute atomic E-state index is 11.7. The van der Waals surface area contributed by atoms with Gasteiger partial charge in [-0.15, -0.1) is 0 Å². The lowest BCUT2D eigenvalue weighted by Gasteiger charge is -2.14. The van der Waals surface area contributed by atoms with E-state index < -0.39 is 9.84 Å². The molecule has 0 radical (unpaired) electrons. The molecule has 1 heterocycles. The molecule has 0 atom stereocenters. The fourth-order valence-electron chi connectivity index (χ4n) is 3.13. The van der Waals surface area contributed by atoms with Gasteiger partial charge in [0, 0.05) is 42.7 Å². The van der Waals surface area contributed by atoms with Gasteiger partial charge in [-0.1, -0.05) is 12.1 Å². The van der Waals surface area contributed by atoms with E-state index in [-0.39, 0.29) is 4.90 Å². The van der Waals surface area contributed by atoms with Gasteiger partial charge in [0.25, 0.3) is 0 Å². The molecule has 4 rings (SSSR count). The standard InChI is InChI=1S/C23H22N4O2S/c1-27(2)18-12-10-17(11-13-18)24-23-20-6-4-5-7-21(20)25-22(26-23)16-8-14-19(15-9-16)30(3,28)29/h4-15H,1-3H3,(H,24,25,26). The summed E-state index contributed by atoms with van der Waals surface area (Å²) in [5.41, 5.74) is 3.59. The van der Waals surface area contributed by atoms with Crippen LogP contribution >= 0.6 is 0 Å². The van der Waals surface area contributed by atoms with Crippen molar-refractivity contribution in [2.75, 3.05) is 30.6 Å². The lowest BCUT2D eigenvalue weighted by Crippen LogP contribution is -2.08. The quantitative estimate of drug-likeness (QED) is 0.514. The minimum atomic E-state index is -3.25. The van der Waals surface area contributed by atoms with Crippen molar-refractivity contribution in [3.8, 4) is 11.4 Å². The number of hydrogen-bond donors (Lipinski definition) is 1. The van der Waals surface area contributed by atoms with E-state index >= 15 is 0 Å². The molecule has 0 saturated heterocycles. The van der Waals surface area contributed by atoms with Gasteiger partial charge in [-0.05, 0) is 60.7 Å². The van der Waals surface area contributed by atoms with Gasteiger partial charge in [-0.25, -0.2) is 18.4 Å². The second-order valence-electron chi connectivity index (χ2n) is 7.28. The van der Waals surface area contributed by atoms with E-state index in [1.807, 2.05) is 67.5 Å². The molecule has 0 saturated carbocycles. The number of aromatic nitrogens is 2. The maximum Gasteiger partial charge on any atom is 0.175 e. The van der Waals surface area contributed by atoms with Crippen LogP contribution in [0.25, 0.3) is 22.3 Å². The number of hydrogen-bond acceptors (Lipinski definition) is 6. The summed E-state index contributed by atoms with van der Waals surface area (Å²) in [7, 11) is 0.752. The van der Waals surface area contributed by atoms with E-state index in [1.54, 1.807) is 24.3 Å². The Kier molecular flexibility index (Phi) is 5.13. The highest BCUT2D eigenvalue weighted by molar-refractivity contribution is 7.90. The smallest absolute Gasteiger partial charge is 0.175 e. The van der Waals surface area contributed by atoms with E-state index in [9.17, 15) is 8.42 Å². The molecule has 6 nitrogen and oxygen atoms in total. The number of sulfone groups is 1. The number of anilines is 3. The molecule has 0 aliphatic heterocycles. The summed E-state index contributed by atoms with van der Waals surface area (Å²) >= 11 is 0. The first-order chi connectivity index (χ1) is 14.3. The van der Waals surface area contributed by atoms with Crippen molar-refractivity contribution in [1.82, 2.24) is 9.97 Å². The summed E-state index contributed by atoms with van der Waals surface area (Å²) in [6, 6.07) is 22.5. The van der Waals surface area contributed by atoms with Crippen molar-refractivity contribution < 1.29 is 8.42 Å². The highest BCUT2D eigenvalue weighted by Gasteiger charge is 2.12. The fourth-order valence-corrected chi connectivity index (χ4v) is 3.76. The van der Waals surface area contributed by atoms with E-state index in [0.29, 0.717) is 11.6 Å². The van der Waals surface area contributed by atoms with Crippen LogP contribution in [-0.4, -0.2) is 38.7 Å². The first-order valence-corrected chi connectivity index (χ1v) is 11.3. The monoisotopic (exact) mass is 418 g/mol. The molecule has 0 aliphatic carbocycles. The molecule has 152 valence electrons. The molecule has 3 aromatic carbocycles. The Morgan fingerprint density at radius 3 is 2.13 bits per heavy atom. The molecule has 30 heavy (non-hydrogen) atoms. The molecule has 0 spiro atoms. The number of nitrogens with zero attached hydrogens (tertiary/aromatic N) is 3. The highest BCUT2D eigenvalue weighted by Crippen LogP contribution is 2.28. The number of nitrogens with one attached hydrogen (secondary N) is 1. The average molecular weight is 419 g/mol. The summed E-state index contributed by atoms with van der Waals surface area (Å²) in [6.07, 6.45) is 1.19. The van der Waals surface area contributed by atoms with Gasteiger partial charge >= 0.3 is 0 Å². The largest absolute Gasteiger partial charge is 0.378 e. The Hall–Kier alpha value is -3.45. The predicted molar refractivity (Wildman–Crippen MR) is 122 cm³/mol. The molecule has 0 aliphatic rings. The third-order valence-corrected chi connectivity index (χ3v) is 5.92. The molecule has 7 heteroatoms. The van der Waals surface area contributed by atoms with Crippen LogP contribution in [0.15, 0.2) is 77.7 Å². The second-order valence-corrected chi connectivity index (χ2v) is 9.29. The van der Waals surface area contributed by atoms with Crippen molar-refractivity contribution in [3.63, 3.8) is 0 Å². The van der Waals surface area contributed by atoms with Gasteiger partial charge in [0.15, 0.2) is 15.7 Å². The zero-order valence-electron chi connectivity index (χ0n) is 17.0. The van der Waals surface area contributed by atoms with Gasteiger partial charge < -0.3 is 10.2 Å². The third kappa shape index (κ3) is 4.11. The zero-order chi connectivity index (χ0) is 21.3.